The Kier molecular flexibility index (Phi) is 2.90. The van der Waals surface area contributed by atoms with Crippen molar-refractivity contribution in [3.05, 3.63) is 40.2 Å². The topological polar surface area (TPSA) is 99.1 Å². The average molecular weight is 193 g/mol. The second kappa shape index (κ2) is 4.13. The molecule has 72 valence electrons. The lowest BCUT2D eigenvalue weighted by atomic mass is 10.3. The summed E-state index contributed by atoms with van der Waals surface area (Å²) in [7, 11) is 0. The van der Waals surface area contributed by atoms with Crippen LogP contribution in [0.1, 0.15) is 5.69 Å². The highest BCUT2D eigenvalue weighted by molar-refractivity contribution is 5.90. The Bertz CT molecular complexity index is 401. The highest BCUT2D eigenvalue weighted by atomic mass is 16.6. The smallest absolute Gasteiger partial charge is 0.294 e. The number of aromatic nitrogens is 1. The summed E-state index contributed by atoms with van der Waals surface area (Å²) in [5, 5.41) is 10.5. The third-order valence-electron chi connectivity index (χ3n) is 1.42. The molecule has 1 amide bonds. The maximum absolute atomic E-state index is 10.5. The Morgan fingerprint density at radius 2 is 2.36 bits per heavy atom. The summed E-state index contributed by atoms with van der Waals surface area (Å²) in [5.74, 6) is -0.676. The number of hydrogen-bond donors (Lipinski definition) is 1. The van der Waals surface area contributed by atoms with Crippen molar-refractivity contribution >= 4 is 17.7 Å². The predicted octanol–water partition coefficient (Wildman–Crippen LogP) is 0.488. The molecule has 0 aliphatic heterocycles. The molecule has 0 unspecified atom stereocenters. The molecule has 1 rings (SSSR count). The Labute approximate surface area is 79.2 Å². The quantitative estimate of drug-likeness (QED) is 0.429. The normalized spacial score (nSPS) is 10.3. The molecule has 0 saturated carbocycles. The summed E-state index contributed by atoms with van der Waals surface area (Å²) in [6, 6.07) is 2.74. The molecule has 1 heterocycles. The van der Waals surface area contributed by atoms with Crippen molar-refractivity contribution in [2.75, 3.05) is 0 Å². The monoisotopic (exact) mass is 193 g/mol. The molecule has 6 heteroatoms. The van der Waals surface area contributed by atoms with Crippen LogP contribution in [0.4, 0.5) is 5.69 Å². The molecule has 1 aromatic rings. The first-order valence-corrected chi connectivity index (χ1v) is 3.68. The lowest BCUT2D eigenvalue weighted by Gasteiger charge is -1.94. The summed E-state index contributed by atoms with van der Waals surface area (Å²) >= 11 is 0. The summed E-state index contributed by atoms with van der Waals surface area (Å²) in [6.07, 6.45) is 3.63. The highest BCUT2D eigenvalue weighted by Gasteiger charge is 2.10. The van der Waals surface area contributed by atoms with Gasteiger partial charge >= 0.3 is 0 Å². The van der Waals surface area contributed by atoms with Gasteiger partial charge in [-0.3, -0.25) is 14.9 Å². The molecule has 0 saturated heterocycles. The SMILES string of the molecule is NC(=O)C=Cc1ncccc1[N+](=O)[O-]. The maximum atomic E-state index is 10.5. The number of hydrogen-bond acceptors (Lipinski definition) is 4. The third kappa shape index (κ3) is 2.37. The number of amides is 1. The van der Waals surface area contributed by atoms with Gasteiger partial charge in [0.25, 0.3) is 5.69 Å². The van der Waals surface area contributed by atoms with E-state index in [9.17, 15) is 14.9 Å². The van der Waals surface area contributed by atoms with Gasteiger partial charge in [-0.2, -0.15) is 0 Å². The number of carbonyl (C=O) groups is 1. The van der Waals surface area contributed by atoms with Crippen molar-refractivity contribution in [2.45, 2.75) is 0 Å². The van der Waals surface area contributed by atoms with E-state index >= 15 is 0 Å². The van der Waals surface area contributed by atoms with Crippen LogP contribution in [0.15, 0.2) is 24.4 Å². The van der Waals surface area contributed by atoms with Crippen LogP contribution < -0.4 is 5.73 Å². The van der Waals surface area contributed by atoms with Gasteiger partial charge in [0.2, 0.25) is 5.91 Å². The van der Waals surface area contributed by atoms with E-state index < -0.39 is 10.8 Å². The van der Waals surface area contributed by atoms with Gasteiger partial charge in [0.1, 0.15) is 5.69 Å². The lowest BCUT2D eigenvalue weighted by Crippen LogP contribution is -2.05. The second-order valence-corrected chi connectivity index (χ2v) is 2.40. The number of nitrogens with zero attached hydrogens (tertiary/aromatic N) is 2. The minimum atomic E-state index is -0.676. The molecule has 0 atom stereocenters. The minimum absolute atomic E-state index is 0.108. The second-order valence-electron chi connectivity index (χ2n) is 2.40. The van der Waals surface area contributed by atoms with Crippen molar-refractivity contribution < 1.29 is 9.72 Å². The van der Waals surface area contributed by atoms with E-state index in [0.717, 1.165) is 6.08 Å². The van der Waals surface area contributed by atoms with Crippen LogP contribution in [0.2, 0.25) is 0 Å². The average Bonchev–Trinajstić information content (AvgIpc) is 2.15. The van der Waals surface area contributed by atoms with Gasteiger partial charge < -0.3 is 5.73 Å². The zero-order valence-electron chi connectivity index (χ0n) is 7.08. The van der Waals surface area contributed by atoms with Gasteiger partial charge in [0.05, 0.1) is 4.92 Å². The summed E-state index contributed by atoms with van der Waals surface area (Å²) in [5.41, 5.74) is 4.79. The van der Waals surface area contributed by atoms with Crippen LogP contribution in [0.25, 0.3) is 6.08 Å². The van der Waals surface area contributed by atoms with Gasteiger partial charge in [-0.1, -0.05) is 0 Å². The van der Waals surface area contributed by atoms with E-state index in [1.807, 2.05) is 0 Å². The van der Waals surface area contributed by atoms with E-state index in [-0.39, 0.29) is 11.4 Å². The fraction of sp³-hybridized carbons (Fsp3) is 0. The molecule has 0 fully saturated rings. The zero-order chi connectivity index (χ0) is 10.6. The Morgan fingerprint density at radius 3 is 2.93 bits per heavy atom. The molecule has 0 aliphatic rings. The van der Waals surface area contributed by atoms with Crippen LogP contribution >= 0.6 is 0 Å². The Morgan fingerprint density at radius 1 is 1.64 bits per heavy atom. The van der Waals surface area contributed by atoms with E-state index in [1.54, 1.807) is 0 Å². The molecule has 0 radical (unpaired) electrons. The van der Waals surface area contributed by atoms with Crippen molar-refractivity contribution in [3.63, 3.8) is 0 Å². The zero-order valence-corrected chi connectivity index (χ0v) is 7.08. The van der Waals surface area contributed by atoms with Gasteiger partial charge in [-0.05, 0) is 12.1 Å². The fourth-order valence-electron chi connectivity index (χ4n) is 0.853. The van der Waals surface area contributed by atoms with Crippen LogP contribution in [-0.2, 0) is 4.79 Å². The third-order valence-corrected chi connectivity index (χ3v) is 1.42. The molecule has 6 nitrogen and oxygen atoms in total. The number of pyridine rings is 1. The van der Waals surface area contributed by atoms with E-state index in [1.165, 1.54) is 24.4 Å². The number of rotatable bonds is 3. The first-order valence-electron chi connectivity index (χ1n) is 3.68. The van der Waals surface area contributed by atoms with Crippen molar-refractivity contribution in [1.29, 1.82) is 0 Å². The summed E-state index contributed by atoms with van der Waals surface area (Å²) in [4.78, 5) is 24.0. The molecule has 2 N–H and O–H groups in total. The fourth-order valence-corrected chi connectivity index (χ4v) is 0.853. The Balaban J connectivity index is 3.07. The molecule has 0 aliphatic carbocycles. The summed E-state index contributed by atoms with van der Waals surface area (Å²) < 4.78 is 0. The lowest BCUT2D eigenvalue weighted by molar-refractivity contribution is -0.385. The van der Waals surface area contributed by atoms with E-state index in [0.29, 0.717) is 0 Å². The van der Waals surface area contributed by atoms with Crippen LogP contribution in [0.3, 0.4) is 0 Å². The maximum Gasteiger partial charge on any atom is 0.294 e. The van der Waals surface area contributed by atoms with Crippen LogP contribution in [-0.4, -0.2) is 15.8 Å². The van der Waals surface area contributed by atoms with Gasteiger partial charge in [0, 0.05) is 18.3 Å². The molecule has 0 bridgehead atoms. The van der Waals surface area contributed by atoms with Gasteiger partial charge in [-0.15, -0.1) is 0 Å². The largest absolute Gasteiger partial charge is 0.366 e. The molecule has 1 aromatic heterocycles. The van der Waals surface area contributed by atoms with Crippen LogP contribution in [0, 0.1) is 10.1 Å². The van der Waals surface area contributed by atoms with Gasteiger partial charge in [-0.25, -0.2) is 4.98 Å². The van der Waals surface area contributed by atoms with Crippen LogP contribution in [0.5, 0.6) is 0 Å². The highest BCUT2D eigenvalue weighted by Crippen LogP contribution is 2.15. The first-order chi connectivity index (χ1) is 6.61. The molecule has 14 heavy (non-hydrogen) atoms. The van der Waals surface area contributed by atoms with Crippen molar-refractivity contribution in [2.24, 2.45) is 5.73 Å². The van der Waals surface area contributed by atoms with Gasteiger partial charge in [0.15, 0.2) is 0 Å². The predicted molar refractivity (Wildman–Crippen MR) is 49.1 cm³/mol. The molecule has 0 spiro atoms. The number of carbonyl (C=O) groups excluding carboxylic acids is 1. The molecular formula is C8H7N3O3. The van der Waals surface area contributed by atoms with E-state index in [2.05, 4.69) is 4.98 Å². The van der Waals surface area contributed by atoms with Crippen molar-refractivity contribution in [3.8, 4) is 0 Å². The standard InChI is InChI=1S/C8H7N3O3/c9-8(12)4-3-6-7(11(13)14)2-1-5-10-6/h1-5H,(H2,9,12). The number of primary amides is 1. The molecule has 0 aromatic carbocycles. The Hall–Kier alpha value is -2.24. The number of nitrogens with two attached hydrogens (primary N) is 1. The first kappa shape index (κ1) is 9.85. The van der Waals surface area contributed by atoms with Crippen molar-refractivity contribution in [1.82, 2.24) is 4.98 Å². The molecular weight excluding hydrogens is 186 g/mol. The summed E-state index contributed by atoms with van der Waals surface area (Å²) in [6.45, 7) is 0. The number of nitro groups is 1. The minimum Gasteiger partial charge on any atom is -0.366 e. The van der Waals surface area contributed by atoms with E-state index in [4.69, 9.17) is 5.73 Å².